The Morgan fingerprint density at radius 1 is 1.14 bits per heavy atom. The number of benzene rings is 2. The van der Waals surface area contributed by atoms with Gasteiger partial charge in [0.15, 0.2) is 0 Å². The first kappa shape index (κ1) is 16.1. The quantitative estimate of drug-likeness (QED) is 0.795. The highest BCUT2D eigenvalue weighted by Crippen LogP contribution is 2.24. The van der Waals surface area contributed by atoms with E-state index < -0.39 is 0 Å². The molecule has 2 aromatic rings. The Hall–Kier alpha value is -1.23. The molecule has 0 spiro atoms. The van der Waals surface area contributed by atoms with Crippen LogP contribution in [0.5, 0.6) is 0 Å². The van der Waals surface area contributed by atoms with Gasteiger partial charge in [0, 0.05) is 16.6 Å². The Morgan fingerprint density at radius 3 is 2.57 bits per heavy atom. The van der Waals surface area contributed by atoms with E-state index in [1.54, 1.807) is 12.1 Å². The normalized spacial score (nSPS) is 12.3. The van der Waals surface area contributed by atoms with Gasteiger partial charge in [-0.1, -0.05) is 59.3 Å². The van der Waals surface area contributed by atoms with Crippen LogP contribution in [0.15, 0.2) is 53.0 Å². The van der Waals surface area contributed by atoms with Gasteiger partial charge < -0.3 is 10.1 Å². The van der Waals surface area contributed by atoms with Crippen molar-refractivity contribution >= 4 is 15.9 Å². The van der Waals surface area contributed by atoms with Crippen LogP contribution in [0.3, 0.4) is 0 Å². The van der Waals surface area contributed by atoms with Gasteiger partial charge in [-0.25, -0.2) is 4.39 Å². The topological polar surface area (TPSA) is 21.3 Å². The molecule has 0 saturated carbocycles. The van der Waals surface area contributed by atoms with Crippen LogP contribution in [0.2, 0.25) is 0 Å². The van der Waals surface area contributed by atoms with Crippen molar-refractivity contribution in [2.45, 2.75) is 19.6 Å². The van der Waals surface area contributed by atoms with Crippen molar-refractivity contribution in [3.05, 3.63) is 69.9 Å². The molecule has 0 radical (unpaired) electrons. The van der Waals surface area contributed by atoms with E-state index in [4.69, 9.17) is 4.74 Å². The molecule has 2 rings (SSSR count). The van der Waals surface area contributed by atoms with Crippen LogP contribution in [0.25, 0.3) is 0 Å². The molecular formula is C17H19BrFNO. The third-order valence-corrected chi connectivity index (χ3v) is 4.00. The summed E-state index contributed by atoms with van der Waals surface area (Å²) < 4.78 is 20.9. The minimum Gasteiger partial charge on any atom is -0.367 e. The zero-order valence-corrected chi connectivity index (χ0v) is 13.6. The summed E-state index contributed by atoms with van der Waals surface area (Å²) in [6, 6.07) is 14.7. The molecule has 1 unspecified atom stereocenters. The van der Waals surface area contributed by atoms with Crippen LogP contribution < -0.4 is 5.32 Å². The third kappa shape index (κ3) is 4.63. The number of likely N-dealkylation sites (N-methyl/N-ethyl adjacent to an activating group) is 1. The lowest BCUT2D eigenvalue weighted by Gasteiger charge is -2.19. The summed E-state index contributed by atoms with van der Waals surface area (Å²) in [7, 11) is 0. The molecule has 21 heavy (non-hydrogen) atoms. The molecule has 2 nitrogen and oxygen atoms in total. The first-order valence-corrected chi connectivity index (χ1v) is 7.81. The number of hydrogen-bond acceptors (Lipinski definition) is 2. The number of ether oxygens (including phenoxy) is 1. The maximum absolute atomic E-state index is 14.0. The summed E-state index contributed by atoms with van der Waals surface area (Å²) in [5.41, 5.74) is 1.64. The van der Waals surface area contributed by atoms with E-state index in [0.717, 1.165) is 16.6 Å². The van der Waals surface area contributed by atoms with Gasteiger partial charge in [0.1, 0.15) is 5.82 Å². The molecule has 0 fully saturated rings. The van der Waals surface area contributed by atoms with Gasteiger partial charge in [0.25, 0.3) is 0 Å². The summed E-state index contributed by atoms with van der Waals surface area (Å²) >= 11 is 3.50. The monoisotopic (exact) mass is 351 g/mol. The van der Waals surface area contributed by atoms with Crippen molar-refractivity contribution in [3.63, 3.8) is 0 Å². The number of hydrogen-bond donors (Lipinski definition) is 1. The first-order valence-electron chi connectivity index (χ1n) is 7.02. The van der Waals surface area contributed by atoms with E-state index in [0.29, 0.717) is 18.7 Å². The van der Waals surface area contributed by atoms with E-state index in [1.807, 2.05) is 37.3 Å². The Labute approximate surface area is 133 Å². The van der Waals surface area contributed by atoms with Gasteiger partial charge in [0.2, 0.25) is 0 Å². The van der Waals surface area contributed by atoms with Crippen LogP contribution >= 0.6 is 15.9 Å². The van der Waals surface area contributed by atoms with Crippen LogP contribution in [0.4, 0.5) is 4.39 Å². The van der Waals surface area contributed by atoms with E-state index >= 15 is 0 Å². The minimum atomic E-state index is -0.307. The number of nitrogens with one attached hydrogen (secondary N) is 1. The fourth-order valence-electron chi connectivity index (χ4n) is 2.08. The highest BCUT2D eigenvalue weighted by atomic mass is 79.9. The van der Waals surface area contributed by atoms with Crippen molar-refractivity contribution in [2.75, 3.05) is 13.1 Å². The third-order valence-electron chi connectivity index (χ3n) is 3.23. The average molecular weight is 352 g/mol. The summed E-state index contributed by atoms with van der Waals surface area (Å²) in [5, 5.41) is 3.22. The largest absolute Gasteiger partial charge is 0.367 e. The van der Waals surface area contributed by atoms with Crippen LogP contribution in [-0.4, -0.2) is 13.1 Å². The predicted molar refractivity (Wildman–Crippen MR) is 86.6 cm³/mol. The second kappa shape index (κ2) is 8.27. The standard InChI is InChI=1S/C17H19BrFNO/c1-2-20-11-17(14-8-4-6-10-16(14)19)21-12-13-7-3-5-9-15(13)18/h3-10,17,20H,2,11-12H2,1H3. The Kier molecular flexibility index (Phi) is 6.36. The van der Waals surface area contributed by atoms with Gasteiger partial charge in [-0.2, -0.15) is 0 Å². The smallest absolute Gasteiger partial charge is 0.129 e. The maximum Gasteiger partial charge on any atom is 0.129 e. The van der Waals surface area contributed by atoms with Crippen LogP contribution in [0, 0.1) is 5.82 Å². The molecule has 0 heterocycles. The lowest BCUT2D eigenvalue weighted by molar-refractivity contribution is 0.0376. The van der Waals surface area contributed by atoms with Crippen molar-refractivity contribution in [2.24, 2.45) is 0 Å². The SMILES string of the molecule is CCNCC(OCc1ccccc1Br)c1ccccc1F. The molecule has 4 heteroatoms. The lowest BCUT2D eigenvalue weighted by atomic mass is 10.1. The van der Waals surface area contributed by atoms with E-state index in [-0.39, 0.29) is 11.9 Å². The second-order valence-corrected chi connectivity index (χ2v) is 5.57. The van der Waals surface area contributed by atoms with E-state index in [2.05, 4.69) is 21.2 Å². The summed E-state index contributed by atoms with van der Waals surface area (Å²) in [4.78, 5) is 0. The van der Waals surface area contributed by atoms with Gasteiger partial charge >= 0.3 is 0 Å². The molecule has 0 bridgehead atoms. The highest BCUT2D eigenvalue weighted by molar-refractivity contribution is 9.10. The fraction of sp³-hybridized carbons (Fsp3) is 0.294. The molecule has 1 atom stereocenters. The molecule has 0 amide bonds. The van der Waals surface area contributed by atoms with E-state index in [1.165, 1.54) is 6.07 Å². The molecule has 112 valence electrons. The number of halogens is 2. The molecule has 2 aromatic carbocycles. The van der Waals surface area contributed by atoms with Crippen LogP contribution in [-0.2, 0) is 11.3 Å². The molecule has 1 N–H and O–H groups in total. The molecule has 0 saturated heterocycles. The summed E-state index contributed by atoms with van der Waals surface area (Å²) in [5.74, 6) is -0.229. The first-order chi connectivity index (χ1) is 10.2. The van der Waals surface area contributed by atoms with Crippen molar-refractivity contribution in [3.8, 4) is 0 Å². The number of rotatable bonds is 7. The van der Waals surface area contributed by atoms with Gasteiger partial charge in [-0.15, -0.1) is 0 Å². The Balaban J connectivity index is 2.10. The molecule has 0 aliphatic rings. The van der Waals surface area contributed by atoms with E-state index in [9.17, 15) is 4.39 Å². The fourth-order valence-corrected chi connectivity index (χ4v) is 2.48. The minimum absolute atomic E-state index is 0.229. The molecule has 0 aliphatic heterocycles. The van der Waals surface area contributed by atoms with Gasteiger partial charge in [0.05, 0.1) is 12.7 Å². The highest BCUT2D eigenvalue weighted by Gasteiger charge is 2.16. The molecule has 0 aliphatic carbocycles. The molecular weight excluding hydrogens is 333 g/mol. The van der Waals surface area contributed by atoms with Crippen molar-refractivity contribution < 1.29 is 9.13 Å². The van der Waals surface area contributed by atoms with Gasteiger partial charge in [-0.05, 0) is 24.2 Å². The Bertz CT molecular complexity index is 576. The van der Waals surface area contributed by atoms with Crippen LogP contribution in [0.1, 0.15) is 24.2 Å². The lowest BCUT2D eigenvalue weighted by Crippen LogP contribution is -2.23. The Morgan fingerprint density at radius 2 is 1.86 bits per heavy atom. The predicted octanol–water partition coefficient (Wildman–Crippen LogP) is 4.46. The van der Waals surface area contributed by atoms with Crippen molar-refractivity contribution in [1.29, 1.82) is 0 Å². The van der Waals surface area contributed by atoms with Gasteiger partial charge in [-0.3, -0.25) is 0 Å². The zero-order valence-electron chi connectivity index (χ0n) is 12.0. The molecule has 0 aromatic heterocycles. The maximum atomic E-state index is 14.0. The summed E-state index contributed by atoms with van der Waals surface area (Å²) in [6.07, 6.45) is -0.307. The average Bonchev–Trinajstić information content (AvgIpc) is 2.50. The van der Waals surface area contributed by atoms with Crippen molar-refractivity contribution in [1.82, 2.24) is 5.32 Å². The zero-order chi connectivity index (χ0) is 15.1. The summed E-state index contributed by atoms with van der Waals surface area (Å²) in [6.45, 7) is 3.86. The second-order valence-electron chi connectivity index (χ2n) is 4.72.